The third-order valence-corrected chi connectivity index (χ3v) is 5.49. The largest absolute Gasteiger partial charge is 0.416 e. The van der Waals surface area contributed by atoms with E-state index in [4.69, 9.17) is 0 Å². The van der Waals surface area contributed by atoms with Crippen molar-refractivity contribution in [1.82, 2.24) is 15.1 Å². The van der Waals surface area contributed by atoms with Crippen LogP contribution in [-0.4, -0.2) is 15.7 Å². The van der Waals surface area contributed by atoms with Crippen LogP contribution in [0.5, 0.6) is 0 Å². The third-order valence-electron chi connectivity index (χ3n) is 5.49. The molecule has 0 bridgehead atoms. The van der Waals surface area contributed by atoms with Crippen molar-refractivity contribution in [2.75, 3.05) is 0 Å². The summed E-state index contributed by atoms with van der Waals surface area (Å²) in [5, 5.41) is 7.29. The molecule has 0 saturated heterocycles. The van der Waals surface area contributed by atoms with E-state index >= 15 is 0 Å². The number of halogens is 3. The fourth-order valence-corrected chi connectivity index (χ4v) is 4.04. The van der Waals surface area contributed by atoms with Gasteiger partial charge in [0.1, 0.15) is 0 Å². The Morgan fingerprint density at radius 3 is 2.81 bits per heavy atom. The summed E-state index contributed by atoms with van der Waals surface area (Å²) in [7, 11) is 1.88. The number of nitrogens with one attached hydrogen (secondary N) is 1. The molecule has 7 heteroatoms. The SMILES string of the molecule is Cn1ncc2c1CCC[C@@H]2NC(=O)[C@H]1C[C@@H]1c1ccccc1C(F)(F)F. The van der Waals surface area contributed by atoms with E-state index in [2.05, 4.69) is 10.4 Å². The van der Waals surface area contributed by atoms with Crippen LogP contribution < -0.4 is 5.32 Å². The van der Waals surface area contributed by atoms with E-state index in [0.29, 0.717) is 6.42 Å². The first kappa shape index (κ1) is 17.1. The van der Waals surface area contributed by atoms with Crippen molar-refractivity contribution in [3.8, 4) is 0 Å². The zero-order chi connectivity index (χ0) is 18.5. The molecule has 1 aromatic carbocycles. The Morgan fingerprint density at radius 2 is 2.04 bits per heavy atom. The van der Waals surface area contributed by atoms with Crippen molar-refractivity contribution < 1.29 is 18.0 Å². The van der Waals surface area contributed by atoms with E-state index in [1.54, 1.807) is 12.3 Å². The van der Waals surface area contributed by atoms with Crippen LogP contribution in [0.2, 0.25) is 0 Å². The zero-order valence-electron chi connectivity index (χ0n) is 14.4. The lowest BCUT2D eigenvalue weighted by molar-refractivity contribution is -0.138. The first-order valence-electron chi connectivity index (χ1n) is 8.83. The van der Waals surface area contributed by atoms with Gasteiger partial charge in [0.2, 0.25) is 5.91 Å². The Bertz CT molecular complexity index is 843. The van der Waals surface area contributed by atoms with Gasteiger partial charge in [-0.15, -0.1) is 0 Å². The van der Waals surface area contributed by atoms with Crippen LogP contribution in [0.3, 0.4) is 0 Å². The number of rotatable bonds is 3. The van der Waals surface area contributed by atoms with Gasteiger partial charge in [0.05, 0.1) is 17.8 Å². The van der Waals surface area contributed by atoms with Crippen molar-refractivity contribution in [3.05, 3.63) is 52.8 Å². The molecule has 2 aromatic rings. The van der Waals surface area contributed by atoms with Crippen LogP contribution in [0.4, 0.5) is 13.2 Å². The van der Waals surface area contributed by atoms with Gasteiger partial charge in [-0.25, -0.2) is 0 Å². The molecule has 2 aliphatic carbocycles. The van der Waals surface area contributed by atoms with Crippen molar-refractivity contribution in [3.63, 3.8) is 0 Å². The third kappa shape index (κ3) is 2.99. The highest BCUT2D eigenvalue weighted by Gasteiger charge is 2.48. The van der Waals surface area contributed by atoms with Crippen molar-refractivity contribution in [1.29, 1.82) is 0 Å². The highest BCUT2D eigenvalue weighted by atomic mass is 19.4. The van der Waals surface area contributed by atoms with E-state index < -0.39 is 11.7 Å². The Labute approximate surface area is 149 Å². The first-order chi connectivity index (χ1) is 12.4. The predicted molar refractivity (Wildman–Crippen MR) is 89.3 cm³/mol. The number of hydrogen-bond donors (Lipinski definition) is 1. The van der Waals surface area contributed by atoms with Gasteiger partial charge in [-0.05, 0) is 43.2 Å². The summed E-state index contributed by atoms with van der Waals surface area (Å²) in [6, 6.07) is 5.46. The molecular formula is C19H20F3N3O. The van der Waals surface area contributed by atoms with E-state index in [1.165, 1.54) is 12.1 Å². The van der Waals surface area contributed by atoms with Crippen molar-refractivity contribution in [2.24, 2.45) is 13.0 Å². The maximum Gasteiger partial charge on any atom is 0.416 e. The molecule has 1 aromatic heterocycles. The molecule has 2 aliphatic rings. The minimum Gasteiger partial charge on any atom is -0.349 e. The normalized spacial score (nSPS) is 24.8. The molecule has 1 saturated carbocycles. The second-order valence-electron chi connectivity index (χ2n) is 7.16. The molecule has 0 aliphatic heterocycles. The maximum atomic E-state index is 13.2. The first-order valence-corrected chi connectivity index (χ1v) is 8.83. The van der Waals surface area contributed by atoms with Gasteiger partial charge in [-0.1, -0.05) is 18.2 Å². The molecule has 4 nitrogen and oxygen atoms in total. The van der Waals surface area contributed by atoms with E-state index in [-0.39, 0.29) is 29.3 Å². The van der Waals surface area contributed by atoms with Gasteiger partial charge in [0, 0.05) is 24.2 Å². The van der Waals surface area contributed by atoms with Gasteiger partial charge in [0.25, 0.3) is 0 Å². The zero-order valence-corrected chi connectivity index (χ0v) is 14.4. The van der Waals surface area contributed by atoms with Gasteiger partial charge in [-0.3, -0.25) is 9.48 Å². The minimum absolute atomic E-state index is 0.0981. The number of carbonyl (C=O) groups excluding carboxylic acids is 1. The van der Waals surface area contributed by atoms with E-state index in [9.17, 15) is 18.0 Å². The second kappa shape index (κ2) is 6.14. The lowest BCUT2D eigenvalue weighted by atomic mass is 9.92. The summed E-state index contributed by atoms with van der Waals surface area (Å²) in [4.78, 5) is 12.6. The topological polar surface area (TPSA) is 46.9 Å². The van der Waals surface area contributed by atoms with Crippen molar-refractivity contribution in [2.45, 2.75) is 43.8 Å². The monoisotopic (exact) mass is 363 g/mol. The molecule has 4 rings (SSSR count). The molecular weight excluding hydrogens is 343 g/mol. The van der Waals surface area contributed by atoms with Crippen LogP contribution in [0.25, 0.3) is 0 Å². The average molecular weight is 363 g/mol. The van der Waals surface area contributed by atoms with Crippen LogP contribution >= 0.6 is 0 Å². The molecule has 0 spiro atoms. The number of fused-ring (bicyclic) bond motifs is 1. The fraction of sp³-hybridized carbons (Fsp3) is 0.474. The standard InChI is InChI=1S/C19H20F3N3O/c1-25-17-8-4-7-16(14(17)10-23-25)24-18(26)13-9-12(13)11-5-2-3-6-15(11)19(20,21)22/h2-3,5-6,10,12-13,16H,4,7-9H2,1H3,(H,24,26)/t12-,13+,16+/m1/s1. The molecule has 1 amide bonds. The number of carbonyl (C=O) groups is 1. The number of hydrogen-bond acceptors (Lipinski definition) is 2. The summed E-state index contributed by atoms with van der Waals surface area (Å²) in [6.07, 6.45) is 0.579. The number of alkyl halides is 3. The summed E-state index contributed by atoms with van der Waals surface area (Å²) in [5.41, 5.74) is 1.75. The van der Waals surface area contributed by atoms with Crippen LogP contribution in [0, 0.1) is 5.92 Å². The molecule has 1 N–H and O–H groups in total. The van der Waals surface area contributed by atoms with Gasteiger partial charge in [-0.2, -0.15) is 18.3 Å². The quantitative estimate of drug-likeness (QED) is 0.903. The number of aromatic nitrogens is 2. The van der Waals surface area contributed by atoms with Gasteiger partial charge >= 0.3 is 6.18 Å². The smallest absolute Gasteiger partial charge is 0.349 e. The summed E-state index contributed by atoms with van der Waals surface area (Å²) < 4.78 is 41.4. The van der Waals surface area contributed by atoms with Crippen LogP contribution in [0.1, 0.15) is 53.6 Å². The molecule has 26 heavy (non-hydrogen) atoms. The minimum atomic E-state index is -4.39. The highest BCUT2D eigenvalue weighted by Crippen LogP contribution is 2.51. The number of aryl methyl sites for hydroxylation is 1. The summed E-state index contributed by atoms with van der Waals surface area (Å²) >= 11 is 0. The molecule has 3 atom stereocenters. The second-order valence-corrected chi connectivity index (χ2v) is 7.16. The Kier molecular flexibility index (Phi) is 4.04. The molecule has 0 unspecified atom stereocenters. The summed E-state index contributed by atoms with van der Waals surface area (Å²) in [6.45, 7) is 0. The van der Waals surface area contributed by atoms with Crippen LogP contribution in [0.15, 0.2) is 30.5 Å². The highest BCUT2D eigenvalue weighted by molar-refractivity contribution is 5.83. The lowest BCUT2D eigenvalue weighted by Gasteiger charge is -2.24. The van der Waals surface area contributed by atoms with E-state index in [1.807, 2.05) is 11.7 Å². The lowest BCUT2D eigenvalue weighted by Crippen LogP contribution is -2.32. The average Bonchev–Trinajstić information content (AvgIpc) is 3.32. The van der Waals surface area contributed by atoms with E-state index in [0.717, 1.165) is 36.6 Å². The molecule has 1 fully saturated rings. The van der Waals surface area contributed by atoms with Gasteiger partial charge in [0.15, 0.2) is 0 Å². The summed E-state index contributed by atoms with van der Waals surface area (Å²) in [5.74, 6) is -0.904. The van der Waals surface area contributed by atoms with Gasteiger partial charge < -0.3 is 5.32 Å². The van der Waals surface area contributed by atoms with Crippen molar-refractivity contribution >= 4 is 5.91 Å². The molecule has 1 heterocycles. The Morgan fingerprint density at radius 1 is 1.27 bits per heavy atom. The fourth-order valence-electron chi connectivity index (χ4n) is 4.04. The Balaban J connectivity index is 1.48. The Hall–Kier alpha value is -2.31. The maximum absolute atomic E-state index is 13.2. The molecule has 138 valence electrons. The number of benzene rings is 1. The number of nitrogens with zero attached hydrogens (tertiary/aromatic N) is 2. The predicted octanol–water partition coefficient (Wildman–Crippen LogP) is 3.74. The molecule has 0 radical (unpaired) electrons. The number of amides is 1. The van der Waals surface area contributed by atoms with Crippen LogP contribution in [-0.2, 0) is 24.4 Å².